The zero-order valence-electron chi connectivity index (χ0n) is 17.2. The van der Waals surface area contributed by atoms with E-state index in [4.69, 9.17) is 0 Å². The maximum Gasteiger partial charge on any atom is 0.242 e. The van der Waals surface area contributed by atoms with Crippen molar-refractivity contribution in [2.45, 2.75) is 50.6 Å². The van der Waals surface area contributed by atoms with Crippen molar-refractivity contribution in [2.75, 3.05) is 23.7 Å². The van der Waals surface area contributed by atoms with E-state index in [1.54, 1.807) is 0 Å². The lowest BCUT2D eigenvalue weighted by Crippen LogP contribution is -2.39. The smallest absolute Gasteiger partial charge is 0.242 e. The summed E-state index contributed by atoms with van der Waals surface area (Å²) >= 11 is 0. The van der Waals surface area contributed by atoms with Gasteiger partial charge in [0.2, 0.25) is 11.8 Å². The summed E-state index contributed by atoms with van der Waals surface area (Å²) in [5.74, 6) is 0.145. The second kappa shape index (κ2) is 9.65. The van der Waals surface area contributed by atoms with Gasteiger partial charge in [-0.2, -0.15) is 0 Å². The molecule has 4 rings (SSSR count). The van der Waals surface area contributed by atoms with Crippen LogP contribution >= 0.6 is 0 Å². The number of nitrogens with one attached hydrogen (secondary N) is 4. The van der Waals surface area contributed by atoms with Crippen LogP contribution in [-0.2, 0) is 22.4 Å². The van der Waals surface area contributed by atoms with E-state index in [0.29, 0.717) is 13.1 Å². The van der Waals surface area contributed by atoms with Crippen molar-refractivity contribution < 1.29 is 9.59 Å². The van der Waals surface area contributed by atoms with Gasteiger partial charge in [0, 0.05) is 37.3 Å². The third kappa shape index (κ3) is 4.93. The number of hydrogen-bond acceptors (Lipinski definition) is 4. The molecule has 6 heteroatoms. The molecule has 0 saturated heterocycles. The fourth-order valence-corrected chi connectivity index (χ4v) is 4.19. The SMILES string of the molecule is O=C(NCCCCCCNC(=O)C1Cc2ccccc2N1)C1Cc2ccccc2N1. The standard InChI is InChI=1S/C24H30N4O2/c29-23(21-15-17-9-3-5-11-19(17)27-21)25-13-7-1-2-8-14-26-24(30)22-16-18-10-4-6-12-20(18)28-22/h3-6,9-12,21-22,27-28H,1-2,7-8,13-16H2,(H,25,29)(H,26,30). The summed E-state index contributed by atoms with van der Waals surface area (Å²) in [5, 5.41) is 12.6. The molecule has 0 spiro atoms. The fraction of sp³-hybridized carbons (Fsp3) is 0.417. The molecule has 0 fully saturated rings. The van der Waals surface area contributed by atoms with Crippen LogP contribution in [0.3, 0.4) is 0 Å². The predicted molar refractivity (Wildman–Crippen MR) is 120 cm³/mol. The van der Waals surface area contributed by atoms with Gasteiger partial charge >= 0.3 is 0 Å². The van der Waals surface area contributed by atoms with Crippen LogP contribution in [0.25, 0.3) is 0 Å². The summed E-state index contributed by atoms with van der Waals surface area (Å²) in [6.07, 6.45) is 5.51. The highest BCUT2D eigenvalue weighted by Crippen LogP contribution is 2.26. The van der Waals surface area contributed by atoms with Crippen molar-refractivity contribution >= 4 is 23.2 Å². The van der Waals surface area contributed by atoms with Gasteiger partial charge in [-0.15, -0.1) is 0 Å². The number of anilines is 2. The lowest BCUT2D eigenvalue weighted by atomic mass is 10.1. The van der Waals surface area contributed by atoms with Crippen molar-refractivity contribution in [2.24, 2.45) is 0 Å². The first-order valence-electron chi connectivity index (χ1n) is 10.9. The van der Waals surface area contributed by atoms with Gasteiger partial charge in [-0.1, -0.05) is 49.2 Å². The molecular formula is C24H30N4O2. The molecule has 0 radical (unpaired) electrons. The van der Waals surface area contributed by atoms with Crippen molar-refractivity contribution in [1.82, 2.24) is 10.6 Å². The van der Waals surface area contributed by atoms with Crippen molar-refractivity contribution in [1.29, 1.82) is 0 Å². The third-order valence-electron chi connectivity index (χ3n) is 5.88. The molecule has 2 aromatic carbocycles. The number of para-hydroxylation sites is 2. The maximum atomic E-state index is 12.3. The van der Waals surface area contributed by atoms with Crippen LogP contribution in [0.1, 0.15) is 36.8 Å². The number of amides is 2. The molecule has 0 aromatic heterocycles. The average Bonchev–Trinajstić information content (AvgIpc) is 3.39. The lowest BCUT2D eigenvalue weighted by Gasteiger charge is -2.12. The second-order valence-corrected chi connectivity index (χ2v) is 8.11. The monoisotopic (exact) mass is 406 g/mol. The lowest BCUT2D eigenvalue weighted by molar-refractivity contribution is -0.122. The van der Waals surface area contributed by atoms with E-state index >= 15 is 0 Å². The van der Waals surface area contributed by atoms with Crippen LogP contribution < -0.4 is 21.3 Å². The molecular weight excluding hydrogens is 376 g/mol. The van der Waals surface area contributed by atoms with Crippen LogP contribution in [0.2, 0.25) is 0 Å². The maximum absolute atomic E-state index is 12.3. The Morgan fingerprint density at radius 1 is 0.700 bits per heavy atom. The normalized spacial score (nSPS) is 18.7. The first kappa shape index (κ1) is 20.3. The van der Waals surface area contributed by atoms with Crippen LogP contribution in [0.5, 0.6) is 0 Å². The van der Waals surface area contributed by atoms with Gasteiger partial charge in [-0.25, -0.2) is 0 Å². The van der Waals surface area contributed by atoms with E-state index in [-0.39, 0.29) is 23.9 Å². The summed E-state index contributed by atoms with van der Waals surface area (Å²) in [4.78, 5) is 24.6. The Morgan fingerprint density at radius 3 is 1.57 bits per heavy atom. The van der Waals surface area contributed by atoms with Gasteiger partial charge < -0.3 is 21.3 Å². The van der Waals surface area contributed by atoms with Crippen molar-refractivity contribution in [3.05, 3.63) is 59.7 Å². The molecule has 6 nitrogen and oxygen atoms in total. The van der Waals surface area contributed by atoms with Crippen molar-refractivity contribution in [3.63, 3.8) is 0 Å². The van der Waals surface area contributed by atoms with Gasteiger partial charge in [0.05, 0.1) is 0 Å². The van der Waals surface area contributed by atoms with Gasteiger partial charge in [0.1, 0.15) is 12.1 Å². The third-order valence-corrected chi connectivity index (χ3v) is 5.88. The average molecular weight is 407 g/mol. The quantitative estimate of drug-likeness (QED) is 0.483. The molecule has 4 N–H and O–H groups in total. The molecule has 2 aliphatic heterocycles. The van der Waals surface area contributed by atoms with E-state index < -0.39 is 0 Å². The fourth-order valence-electron chi connectivity index (χ4n) is 4.19. The summed E-state index contributed by atoms with van der Waals surface area (Å²) in [7, 11) is 0. The Balaban J connectivity index is 1.03. The highest BCUT2D eigenvalue weighted by Gasteiger charge is 2.26. The molecule has 0 saturated carbocycles. The first-order chi connectivity index (χ1) is 14.7. The van der Waals surface area contributed by atoms with E-state index in [1.807, 2.05) is 36.4 Å². The molecule has 2 unspecified atom stereocenters. The molecule has 2 aromatic rings. The van der Waals surface area contributed by atoms with Crippen LogP contribution in [0, 0.1) is 0 Å². The summed E-state index contributed by atoms with van der Waals surface area (Å²) in [5.41, 5.74) is 4.54. The molecule has 2 atom stereocenters. The van der Waals surface area contributed by atoms with Crippen LogP contribution in [0.15, 0.2) is 48.5 Å². The van der Waals surface area contributed by atoms with E-state index in [0.717, 1.165) is 49.9 Å². The largest absolute Gasteiger partial charge is 0.373 e. The number of carbonyl (C=O) groups is 2. The Labute approximate surface area is 177 Å². The molecule has 158 valence electrons. The minimum Gasteiger partial charge on any atom is -0.373 e. The summed E-state index contributed by atoms with van der Waals surface area (Å²) in [6, 6.07) is 15.8. The number of benzene rings is 2. The van der Waals surface area contributed by atoms with E-state index in [2.05, 4.69) is 33.4 Å². The summed E-state index contributed by atoms with van der Waals surface area (Å²) < 4.78 is 0. The molecule has 0 bridgehead atoms. The molecule has 2 amide bonds. The predicted octanol–water partition coefficient (Wildman–Crippen LogP) is 2.85. The number of carbonyl (C=O) groups excluding carboxylic acids is 2. The van der Waals surface area contributed by atoms with Gasteiger partial charge in [0.15, 0.2) is 0 Å². The van der Waals surface area contributed by atoms with Gasteiger partial charge in [-0.05, 0) is 36.1 Å². The minimum absolute atomic E-state index is 0.0727. The Hall–Kier alpha value is -3.02. The second-order valence-electron chi connectivity index (χ2n) is 8.11. The highest BCUT2D eigenvalue weighted by atomic mass is 16.2. The topological polar surface area (TPSA) is 82.3 Å². The molecule has 30 heavy (non-hydrogen) atoms. The Bertz CT molecular complexity index is 775. The Morgan fingerprint density at radius 2 is 1.13 bits per heavy atom. The Kier molecular flexibility index (Phi) is 6.52. The number of fused-ring (bicyclic) bond motifs is 2. The zero-order chi connectivity index (χ0) is 20.8. The molecule has 2 heterocycles. The first-order valence-corrected chi connectivity index (χ1v) is 10.9. The number of rotatable bonds is 9. The number of unbranched alkanes of at least 4 members (excludes halogenated alkanes) is 3. The van der Waals surface area contributed by atoms with Crippen molar-refractivity contribution in [3.8, 4) is 0 Å². The number of hydrogen-bond donors (Lipinski definition) is 4. The summed E-state index contributed by atoms with van der Waals surface area (Å²) in [6.45, 7) is 1.40. The highest BCUT2D eigenvalue weighted by molar-refractivity contribution is 5.88. The van der Waals surface area contributed by atoms with Crippen LogP contribution in [-0.4, -0.2) is 37.0 Å². The van der Waals surface area contributed by atoms with E-state index in [1.165, 1.54) is 11.1 Å². The minimum atomic E-state index is -0.159. The van der Waals surface area contributed by atoms with E-state index in [9.17, 15) is 9.59 Å². The molecule has 2 aliphatic rings. The zero-order valence-corrected chi connectivity index (χ0v) is 17.2. The van der Waals surface area contributed by atoms with Crippen LogP contribution in [0.4, 0.5) is 11.4 Å². The van der Waals surface area contributed by atoms with Gasteiger partial charge in [0.25, 0.3) is 0 Å². The van der Waals surface area contributed by atoms with Gasteiger partial charge in [-0.3, -0.25) is 9.59 Å². The molecule has 0 aliphatic carbocycles.